The van der Waals surface area contributed by atoms with Crippen molar-refractivity contribution < 1.29 is 9.15 Å². The highest BCUT2D eigenvalue weighted by molar-refractivity contribution is 7.80. The van der Waals surface area contributed by atoms with E-state index in [1.54, 1.807) is 6.26 Å². The van der Waals surface area contributed by atoms with E-state index in [-0.39, 0.29) is 6.04 Å². The van der Waals surface area contributed by atoms with Gasteiger partial charge in [-0.1, -0.05) is 0 Å². The van der Waals surface area contributed by atoms with Gasteiger partial charge in [0.2, 0.25) is 0 Å². The topological polar surface area (TPSA) is 46.4 Å². The van der Waals surface area contributed by atoms with Crippen LogP contribution in [0.4, 0.5) is 5.69 Å². The Morgan fingerprint density at radius 3 is 2.68 bits per heavy atom. The first-order valence-electron chi connectivity index (χ1n) is 7.50. The molecule has 0 aliphatic carbocycles. The van der Waals surface area contributed by atoms with Crippen LogP contribution in [-0.2, 0) is 6.42 Å². The molecule has 0 bridgehead atoms. The Hall–Kier alpha value is -2.01. The third-order valence-corrected chi connectivity index (χ3v) is 3.42. The second-order valence-corrected chi connectivity index (χ2v) is 5.48. The highest BCUT2D eigenvalue weighted by atomic mass is 32.1. The molecule has 1 heterocycles. The molecule has 2 aromatic rings. The van der Waals surface area contributed by atoms with Gasteiger partial charge in [0.25, 0.3) is 0 Å². The third kappa shape index (κ3) is 5.41. The van der Waals surface area contributed by atoms with Crippen LogP contribution in [0.3, 0.4) is 0 Å². The van der Waals surface area contributed by atoms with Crippen LogP contribution in [-0.4, -0.2) is 17.8 Å². The summed E-state index contributed by atoms with van der Waals surface area (Å²) < 4.78 is 10.7. The molecule has 1 atom stereocenters. The Balaban J connectivity index is 1.74. The quantitative estimate of drug-likeness (QED) is 0.756. The normalized spacial score (nSPS) is 11.7. The lowest BCUT2D eigenvalue weighted by Gasteiger charge is -2.16. The Bertz CT molecular complexity index is 567. The van der Waals surface area contributed by atoms with E-state index in [0.717, 1.165) is 30.0 Å². The summed E-state index contributed by atoms with van der Waals surface area (Å²) in [6.45, 7) is 4.74. The lowest BCUT2D eigenvalue weighted by Crippen LogP contribution is -2.36. The molecule has 0 aliphatic heterocycles. The average molecular weight is 318 g/mol. The van der Waals surface area contributed by atoms with Gasteiger partial charge in [0.1, 0.15) is 11.5 Å². The van der Waals surface area contributed by atoms with Gasteiger partial charge >= 0.3 is 0 Å². The van der Waals surface area contributed by atoms with Gasteiger partial charge < -0.3 is 19.8 Å². The van der Waals surface area contributed by atoms with Crippen molar-refractivity contribution in [2.24, 2.45) is 0 Å². The van der Waals surface area contributed by atoms with Crippen LogP contribution in [0.2, 0.25) is 0 Å². The molecule has 0 unspecified atom stereocenters. The van der Waals surface area contributed by atoms with Crippen molar-refractivity contribution >= 4 is 23.0 Å². The maximum Gasteiger partial charge on any atom is 0.170 e. The van der Waals surface area contributed by atoms with Gasteiger partial charge in [0, 0.05) is 18.2 Å². The zero-order valence-corrected chi connectivity index (χ0v) is 13.8. The summed E-state index contributed by atoms with van der Waals surface area (Å²) in [5.74, 6) is 1.86. The first-order valence-corrected chi connectivity index (χ1v) is 7.91. The van der Waals surface area contributed by atoms with E-state index in [1.165, 1.54) is 0 Å². The van der Waals surface area contributed by atoms with Crippen molar-refractivity contribution in [1.82, 2.24) is 5.32 Å². The molecule has 1 aromatic carbocycles. The number of rotatable bonds is 7. The molecule has 0 amide bonds. The number of hydrogen-bond acceptors (Lipinski definition) is 3. The Morgan fingerprint density at radius 1 is 1.27 bits per heavy atom. The molecule has 2 rings (SSSR count). The van der Waals surface area contributed by atoms with Crippen LogP contribution in [0.15, 0.2) is 47.1 Å². The summed E-state index contributed by atoms with van der Waals surface area (Å²) in [6, 6.07) is 11.9. The van der Waals surface area contributed by atoms with E-state index in [1.807, 2.05) is 43.3 Å². The Morgan fingerprint density at radius 2 is 2.05 bits per heavy atom. The standard InChI is InChI=1S/C17H22N2O2S/c1-3-20-16-10-7-14(8-11-16)19-17(22)18-13(2)6-9-15-5-4-12-21-15/h4-5,7-8,10-13H,3,6,9H2,1-2H3,(H2,18,19,22)/t13-/m0/s1. The molecule has 4 nitrogen and oxygen atoms in total. The molecule has 1 aromatic heterocycles. The molecule has 0 saturated heterocycles. The molecule has 22 heavy (non-hydrogen) atoms. The van der Waals surface area contributed by atoms with Gasteiger partial charge in [-0.3, -0.25) is 0 Å². The fourth-order valence-corrected chi connectivity index (χ4v) is 2.40. The Kier molecular flexibility index (Phi) is 6.27. The molecule has 0 radical (unpaired) electrons. The second-order valence-electron chi connectivity index (χ2n) is 5.07. The lowest BCUT2D eigenvalue weighted by atomic mass is 10.1. The average Bonchev–Trinajstić information content (AvgIpc) is 3.01. The number of ether oxygens (including phenoxy) is 1. The maximum absolute atomic E-state index is 5.41. The zero-order valence-electron chi connectivity index (χ0n) is 13.0. The van der Waals surface area contributed by atoms with E-state index >= 15 is 0 Å². The number of nitrogens with one attached hydrogen (secondary N) is 2. The zero-order chi connectivity index (χ0) is 15.8. The number of furan rings is 1. The van der Waals surface area contributed by atoms with E-state index in [9.17, 15) is 0 Å². The highest BCUT2D eigenvalue weighted by Gasteiger charge is 2.06. The smallest absolute Gasteiger partial charge is 0.170 e. The van der Waals surface area contributed by atoms with Crippen molar-refractivity contribution in [1.29, 1.82) is 0 Å². The van der Waals surface area contributed by atoms with E-state index in [2.05, 4.69) is 17.6 Å². The van der Waals surface area contributed by atoms with Crippen LogP contribution >= 0.6 is 12.2 Å². The first-order chi connectivity index (χ1) is 10.7. The van der Waals surface area contributed by atoms with Gasteiger partial charge in [-0.05, 0) is 68.9 Å². The van der Waals surface area contributed by atoms with Crippen molar-refractivity contribution in [2.75, 3.05) is 11.9 Å². The maximum atomic E-state index is 5.41. The largest absolute Gasteiger partial charge is 0.494 e. The van der Waals surface area contributed by atoms with E-state index in [0.29, 0.717) is 11.7 Å². The molecule has 0 aliphatic rings. The van der Waals surface area contributed by atoms with Gasteiger partial charge in [-0.25, -0.2) is 0 Å². The Labute approximate surface area is 136 Å². The number of benzene rings is 1. The van der Waals surface area contributed by atoms with Gasteiger partial charge in [0.15, 0.2) is 5.11 Å². The van der Waals surface area contributed by atoms with Gasteiger partial charge in [0.05, 0.1) is 12.9 Å². The fraction of sp³-hybridized carbons (Fsp3) is 0.353. The van der Waals surface area contributed by atoms with Crippen molar-refractivity contribution in [3.05, 3.63) is 48.4 Å². The predicted octanol–water partition coefficient (Wildman–Crippen LogP) is 3.99. The summed E-state index contributed by atoms with van der Waals surface area (Å²) in [6.07, 6.45) is 3.55. The summed E-state index contributed by atoms with van der Waals surface area (Å²) in [5.41, 5.74) is 0.944. The number of thiocarbonyl (C=S) groups is 1. The number of aryl methyl sites for hydroxylation is 1. The molecule has 0 saturated carbocycles. The predicted molar refractivity (Wildman–Crippen MR) is 93.5 cm³/mol. The summed E-state index contributed by atoms with van der Waals surface area (Å²) in [5, 5.41) is 7.08. The molecule has 0 spiro atoms. The molecule has 5 heteroatoms. The molecule has 0 fully saturated rings. The van der Waals surface area contributed by atoms with E-state index in [4.69, 9.17) is 21.4 Å². The van der Waals surface area contributed by atoms with Crippen LogP contribution in [0.1, 0.15) is 26.0 Å². The fourth-order valence-electron chi connectivity index (χ4n) is 2.08. The molecule has 2 N–H and O–H groups in total. The van der Waals surface area contributed by atoms with Gasteiger partial charge in [-0.15, -0.1) is 0 Å². The first kappa shape index (κ1) is 16.4. The lowest BCUT2D eigenvalue weighted by molar-refractivity contribution is 0.340. The summed E-state index contributed by atoms with van der Waals surface area (Å²) in [4.78, 5) is 0. The van der Waals surface area contributed by atoms with Crippen LogP contribution < -0.4 is 15.4 Å². The number of anilines is 1. The third-order valence-electron chi connectivity index (χ3n) is 3.20. The minimum absolute atomic E-state index is 0.271. The summed E-state index contributed by atoms with van der Waals surface area (Å²) >= 11 is 5.33. The minimum atomic E-state index is 0.271. The number of hydrogen-bond donors (Lipinski definition) is 2. The molecular formula is C17H22N2O2S. The van der Waals surface area contributed by atoms with E-state index < -0.39 is 0 Å². The summed E-state index contributed by atoms with van der Waals surface area (Å²) in [7, 11) is 0. The highest BCUT2D eigenvalue weighted by Crippen LogP contribution is 2.15. The van der Waals surface area contributed by atoms with Crippen LogP contribution in [0, 0.1) is 0 Å². The van der Waals surface area contributed by atoms with Crippen LogP contribution in [0.25, 0.3) is 0 Å². The monoisotopic (exact) mass is 318 g/mol. The van der Waals surface area contributed by atoms with Crippen LogP contribution in [0.5, 0.6) is 5.75 Å². The van der Waals surface area contributed by atoms with Crippen molar-refractivity contribution in [3.63, 3.8) is 0 Å². The second kappa shape index (κ2) is 8.44. The van der Waals surface area contributed by atoms with Crippen molar-refractivity contribution in [3.8, 4) is 5.75 Å². The minimum Gasteiger partial charge on any atom is -0.494 e. The SMILES string of the molecule is CCOc1ccc(NC(=S)N[C@@H](C)CCc2ccco2)cc1. The molecular weight excluding hydrogens is 296 g/mol. The molecule has 118 valence electrons. The van der Waals surface area contributed by atoms with Gasteiger partial charge in [-0.2, -0.15) is 0 Å². The van der Waals surface area contributed by atoms with Crippen molar-refractivity contribution in [2.45, 2.75) is 32.7 Å².